The van der Waals surface area contributed by atoms with Gasteiger partial charge in [0.1, 0.15) is 5.82 Å². The van der Waals surface area contributed by atoms with Crippen LogP contribution in [0.15, 0.2) is 218 Å². The van der Waals surface area contributed by atoms with Crippen LogP contribution in [0.2, 0.25) is 0 Å². The number of aromatic nitrogens is 4. The Morgan fingerprint density at radius 1 is 0.538 bits per heavy atom. The van der Waals surface area contributed by atoms with Crippen LogP contribution in [0.25, 0.3) is 83.4 Å². The fourth-order valence-electron chi connectivity index (χ4n) is 10.6. The average Bonchev–Trinajstić information content (AvgIpc) is 4.01. The summed E-state index contributed by atoms with van der Waals surface area (Å²) in [5.74, 6) is 1.74. The van der Waals surface area contributed by atoms with E-state index in [9.17, 15) is 2.74 Å². The number of imidazole rings is 1. The Labute approximate surface area is 480 Å². The molecule has 12 aromatic rings. The molecule has 9 aromatic carbocycles. The molecule has 388 valence electrons. The van der Waals surface area contributed by atoms with Gasteiger partial charge in [-0.25, -0.2) is 4.98 Å². The molecule has 3 aromatic heterocycles. The molecule has 0 N–H and O–H groups in total. The summed E-state index contributed by atoms with van der Waals surface area (Å²) < 4.78 is 57.9. The van der Waals surface area contributed by atoms with E-state index in [0.29, 0.717) is 28.4 Å². The van der Waals surface area contributed by atoms with Gasteiger partial charge in [-0.1, -0.05) is 219 Å². The zero-order valence-corrected chi connectivity index (χ0v) is 47.4. The van der Waals surface area contributed by atoms with Gasteiger partial charge in [0.15, 0.2) is 0 Å². The van der Waals surface area contributed by atoms with Crippen LogP contribution in [0, 0.1) is 18.5 Å². The number of para-hydroxylation sites is 2. The molecule has 0 aliphatic carbocycles. The molecule has 0 radical (unpaired) electrons. The molecular weight excluding hydrogens is 1130 g/mol. The molecule has 0 amide bonds. The van der Waals surface area contributed by atoms with Crippen molar-refractivity contribution in [3.8, 4) is 62.1 Å². The Balaban J connectivity index is 0.00000721. The van der Waals surface area contributed by atoms with Gasteiger partial charge in [0.05, 0.1) is 23.6 Å². The van der Waals surface area contributed by atoms with Crippen LogP contribution in [-0.4, -0.2) is 14.1 Å². The van der Waals surface area contributed by atoms with Crippen LogP contribution in [-0.2, 0) is 43.7 Å². The summed E-state index contributed by atoms with van der Waals surface area (Å²) in [6.07, 6.45) is 6.47. The van der Waals surface area contributed by atoms with Gasteiger partial charge in [-0.2, -0.15) is 18.2 Å². The Morgan fingerprint density at radius 3 is 1.94 bits per heavy atom. The molecule has 0 bridgehead atoms. The van der Waals surface area contributed by atoms with Crippen molar-refractivity contribution in [2.24, 2.45) is 0 Å². The third-order valence-corrected chi connectivity index (χ3v) is 14.8. The van der Waals surface area contributed by atoms with Gasteiger partial charge >= 0.3 is 0 Å². The molecule has 12 rings (SSSR count). The molecule has 0 saturated heterocycles. The van der Waals surface area contributed by atoms with Crippen LogP contribution in [0.4, 0.5) is 0 Å². The predicted molar refractivity (Wildman–Crippen MR) is 317 cm³/mol. The number of hydrogen-bond acceptors (Lipinski definition) is 2. The molecular formula is C72H62N4OPt-2. The van der Waals surface area contributed by atoms with E-state index in [1.165, 1.54) is 11.1 Å². The monoisotopic (exact) mass is 1200 g/mol. The topological polar surface area (TPSA) is 35.9 Å². The number of fused-ring (bicyclic) bond motifs is 4. The second-order valence-electron chi connectivity index (χ2n) is 22.7. The van der Waals surface area contributed by atoms with Crippen molar-refractivity contribution in [3.05, 3.63) is 259 Å². The normalized spacial score (nSPS) is 12.9. The van der Waals surface area contributed by atoms with E-state index in [1.54, 1.807) is 0 Å². The number of rotatable bonds is 11. The minimum absolute atomic E-state index is 0. The van der Waals surface area contributed by atoms with E-state index in [4.69, 9.17) is 13.8 Å². The second kappa shape index (κ2) is 20.7. The number of hydrogen-bond donors (Lipinski definition) is 0. The van der Waals surface area contributed by atoms with Crippen LogP contribution in [0.5, 0.6) is 11.5 Å². The molecule has 78 heavy (non-hydrogen) atoms. The van der Waals surface area contributed by atoms with E-state index < -0.39 is 18.1 Å². The van der Waals surface area contributed by atoms with E-state index in [1.807, 2.05) is 69.9 Å². The summed E-state index contributed by atoms with van der Waals surface area (Å²) in [6, 6.07) is 67.5. The van der Waals surface area contributed by atoms with Crippen molar-refractivity contribution in [1.82, 2.24) is 14.1 Å². The predicted octanol–water partition coefficient (Wildman–Crippen LogP) is 17.7. The fourth-order valence-corrected chi connectivity index (χ4v) is 10.6. The van der Waals surface area contributed by atoms with Gasteiger partial charge in [-0.05, 0) is 114 Å². The maximum atomic E-state index is 9.35. The summed E-state index contributed by atoms with van der Waals surface area (Å²) in [6.45, 7) is 17.8. The standard InChI is InChI=1S/C72H62N4O.Pt/c1-70(2,3)55-41-53(42-56(44-55)71(4,5)6)61-32-21-31-60(51-24-14-10-15-25-51)69(61)75-48-74(67-43-52(34-37-65(67)75)50-22-12-9-13-23-50)57-28-20-29-58(45-57)77-59-35-36-63-62-30-18-19-33-64(62)76(66(63)46-59)68-40-49(38-39-73-68)47-72(7,8)54-26-16-11-17-27-54;/h9-44H,47H2,1-8H3;/q-2;/i10D,14D,15D,24D,25D;. The van der Waals surface area contributed by atoms with Crippen LogP contribution < -0.4 is 9.30 Å². The molecule has 3 heterocycles. The molecule has 0 spiro atoms. The van der Waals surface area contributed by atoms with Crippen molar-refractivity contribution in [3.63, 3.8) is 0 Å². The van der Waals surface area contributed by atoms with Crippen LogP contribution in [0.3, 0.4) is 0 Å². The largest absolute Gasteiger partial charge is 0.510 e. The van der Waals surface area contributed by atoms with Gasteiger partial charge in [0, 0.05) is 44.3 Å². The quantitative estimate of drug-likeness (QED) is 0.0956. The molecule has 0 aliphatic heterocycles. The van der Waals surface area contributed by atoms with Crippen molar-refractivity contribution in [2.45, 2.75) is 78.1 Å². The van der Waals surface area contributed by atoms with Crippen molar-refractivity contribution in [1.29, 1.82) is 0 Å². The van der Waals surface area contributed by atoms with Crippen molar-refractivity contribution >= 4 is 32.8 Å². The maximum Gasteiger partial charge on any atom is 0.268 e. The van der Waals surface area contributed by atoms with Crippen molar-refractivity contribution < 1.29 is 37.2 Å². The maximum absolute atomic E-state index is 9.35. The number of ether oxygens (including phenoxy) is 1. The third-order valence-electron chi connectivity index (χ3n) is 14.8. The molecule has 0 aliphatic rings. The van der Waals surface area contributed by atoms with Crippen LogP contribution >= 0.6 is 0 Å². The third kappa shape index (κ3) is 10.0. The molecule has 0 fully saturated rings. The first kappa shape index (κ1) is 46.0. The molecule has 5 nitrogen and oxygen atoms in total. The summed E-state index contributed by atoms with van der Waals surface area (Å²) in [4.78, 5) is 4.95. The van der Waals surface area contributed by atoms with E-state index in [2.05, 4.69) is 206 Å². The second-order valence-corrected chi connectivity index (χ2v) is 22.7. The summed E-state index contributed by atoms with van der Waals surface area (Å²) in [7, 11) is 0. The minimum Gasteiger partial charge on any atom is -0.510 e. The summed E-state index contributed by atoms with van der Waals surface area (Å²) >= 11 is 0. The molecule has 6 heteroatoms. The first-order chi connectivity index (χ1) is 39.2. The van der Waals surface area contributed by atoms with Crippen molar-refractivity contribution in [2.75, 3.05) is 0 Å². The SMILES string of the molecule is [2H]c1c([2H])c([2H])c(-c2cccc(-c3cc(C(C)(C)C)cc(C(C)(C)C)c3)c2-[n+]2[c-]n(-c3[c-]c(Oc4[c-]c5c(cc4)c4ccccc4n5-c4cc(CC(C)(C)c5ccccc5)ccn4)ccc3)c3cc(-c4ccccc4)ccc32)c([2H])c1[2H].[Pt]. The van der Waals surface area contributed by atoms with E-state index in [-0.39, 0.29) is 55.0 Å². The van der Waals surface area contributed by atoms with E-state index in [0.717, 1.165) is 78.5 Å². The summed E-state index contributed by atoms with van der Waals surface area (Å²) in [5, 5.41) is 2.10. The summed E-state index contributed by atoms with van der Waals surface area (Å²) in [5.41, 5.74) is 13.1. The van der Waals surface area contributed by atoms with Gasteiger partial charge in [-0.3, -0.25) is 4.57 Å². The number of nitrogens with zero attached hydrogens (tertiary/aromatic N) is 4. The molecule has 0 atom stereocenters. The fraction of sp³-hybridized carbons (Fsp3) is 0.167. The molecule has 0 saturated carbocycles. The Bertz CT molecular complexity index is 4400. The Hall–Kier alpha value is -8.11. The molecule has 0 unspecified atom stereocenters. The van der Waals surface area contributed by atoms with Gasteiger partial charge < -0.3 is 13.9 Å². The Morgan fingerprint density at radius 2 is 1.21 bits per heavy atom. The van der Waals surface area contributed by atoms with E-state index >= 15 is 0 Å². The number of pyridine rings is 1. The minimum atomic E-state index is -0.452. The number of benzene rings is 9. The first-order valence-electron chi connectivity index (χ1n) is 28.8. The zero-order valence-electron chi connectivity index (χ0n) is 50.1. The smallest absolute Gasteiger partial charge is 0.268 e. The zero-order chi connectivity index (χ0) is 57.4. The first-order valence-corrected chi connectivity index (χ1v) is 26.3. The Kier molecular flexibility index (Phi) is 12.2. The van der Waals surface area contributed by atoms with Gasteiger partial charge in [-0.15, -0.1) is 29.7 Å². The average molecular weight is 1200 g/mol. The van der Waals surface area contributed by atoms with Gasteiger partial charge in [0.2, 0.25) is 0 Å². The van der Waals surface area contributed by atoms with Crippen LogP contribution in [0.1, 0.15) is 84.5 Å². The van der Waals surface area contributed by atoms with Gasteiger partial charge in [0.25, 0.3) is 6.33 Å².